The van der Waals surface area contributed by atoms with E-state index in [0.717, 1.165) is 24.9 Å². The van der Waals surface area contributed by atoms with Crippen LogP contribution in [-0.2, 0) is 26.9 Å². The molecule has 1 heterocycles. The zero-order chi connectivity index (χ0) is 26.9. The van der Waals surface area contributed by atoms with Crippen LogP contribution in [-0.4, -0.2) is 79.1 Å². The molecule has 0 saturated carbocycles. The number of ether oxygens (including phenoxy) is 1. The van der Waals surface area contributed by atoms with E-state index in [-0.39, 0.29) is 0 Å². The molecule has 11 heteroatoms. The molecule has 0 aliphatic carbocycles. The molecular weight excluding hydrogens is 496 g/mol. The minimum Gasteiger partial charge on any atom is -0.383 e. The Balaban J connectivity index is 2.31. The highest BCUT2D eigenvalue weighted by Crippen LogP contribution is 2.38. The van der Waals surface area contributed by atoms with Crippen LogP contribution in [0, 0.1) is 17.9 Å². The lowest BCUT2D eigenvalue weighted by atomic mass is 10.1. The lowest BCUT2D eigenvalue weighted by Gasteiger charge is -2.25. The third-order valence-electron chi connectivity index (χ3n) is 5.83. The Morgan fingerprint density at radius 1 is 1.17 bits per heavy atom. The van der Waals surface area contributed by atoms with Gasteiger partial charge >= 0.3 is 0 Å². The molecule has 1 aromatic heterocycles. The molecule has 2 rings (SSSR count). The Morgan fingerprint density at radius 2 is 1.83 bits per heavy atom. The molecule has 0 atom stereocenters. The second-order valence-electron chi connectivity index (χ2n) is 8.42. The number of aromatic nitrogens is 1. The van der Waals surface area contributed by atoms with E-state index in [1.165, 1.54) is 23.1 Å². The molecule has 0 saturated heterocycles. The number of likely N-dealkylation sites (N-methyl/N-ethyl adjacent to an activating group) is 2. The second kappa shape index (κ2) is 13.5. The van der Waals surface area contributed by atoms with Crippen molar-refractivity contribution in [2.45, 2.75) is 24.1 Å². The number of benzene rings is 1. The van der Waals surface area contributed by atoms with Crippen LogP contribution in [0.25, 0.3) is 4.85 Å². The second-order valence-corrected chi connectivity index (χ2v) is 11.4. The van der Waals surface area contributed by atoms with Crippen molar-refractivity contribution >= 4 is 39.0 Å². The van der Waals surface area contributed by atoms with Crippen molar-refractivity contribution in [3.8, 4) is 6.07 Å². The standard InChI is InChI=1S/C25H34N6O3S2/c1-8-21-22(17-26)25(35-18-19-9-11-20(12-10-19)31(5)36(7,32)33)28-24(23(21)27-2)30(4)14-13-29(3)15-16-34-6/h9-12H,8,13-16,18H2,1,3-7H3. The van der Waals surface area contributed by atoms with Crippen LogP contribution in [0.5, 0.6) is 0 Å². The number of anilines is 2. The topological polar surface area (TPSA) is 94.1 Å². The van der Waals surface area contributed by atoms with Crippen LogP contribution in [0.2, 0.25) is 0 Å². The average Bonchev–Trinajstić information content (AvgIpc) is 2.87. The molecular formula is C25H34N6O3S2. The number of nitriles is 1. The predicted molar refractivity (Wildman–Crippen MR) is 146 cm³/mol. The first-order valence-electron chi connectivity index (χ1n) is 11.5. The summed E-state index contributed by atoms with van der Waals surface area (Å²) in [5, 5.41) is 10.5. The Bertz CT molecular complexity index is 1220. The van der Waals surface area contributed by atoms with Gasteiger partial charge in [-0.15, -0.1) is 11.8 Å². The number of methoxy groups -OCH3 is 1. The molecule has 2 aromatic rings. The highest BCUT2D eigenvalue weighted by molar-refractivity contribution is 7.98. The number of thioether (sulfide) groups is 1. The average molecular weight is 531 g/mol. The van der Waals surface area contributed by atoms with Crippen LogP contribution in [0.1, 0.15) is 23.6 Å². The smallest absolute Gasteiger partial charge is 0.232 e. The Kier molecular flexibility index (Phi) is 11.0. The van der Waals surface area contributed by atoms with Crippen LogP contribution in [0.4, 0.5) is 17.2 Å². The van der Waals surface area contributed by atoms with E-state index in [2.05, 4.69) is 15.8 Å². The predicted octanol–water partition coefficient (Wildman–Crippen LogP) is 3.77. The molecule has 0 unspecified atom stereocenters. The molecule has 0 aliphatic rings. The first-order valence-corrected chi connectivity index (χ1v) is 14.3. The molecule has 0 aliphatic heterocycles. The van der Waals surface area contributed by atoms with Gasteiger partial charge in [-0.05, 0) is 36.7 Å². The maximum absolute atomic E-state index is 11.8. The van der Waals surface area contributed by atoms with Crippen molar-refractivity contribution in [3.05, 3.63) is 52.4 Å². The molecule has 194 valence electrons. The van der Waals surface area contributed by atoms with Gasteiger partial charge < -0.3 is 14.5 Å². The monoisotopic (exact) mass is 530 g/mol. The molecule has 0 spiro atoms. The summed E-state index contributed by atoms with van der Waals surface area (Å²) >= 11 is 1.44. The molecule has 0 N–H and O–H groups in total. The van der Waals surface area contributed by atoms with E-state index in [4.69, 9.17) is 16.3 Å². The zero-order valence-electron chi connectivity index (χ0n) is 21.8. The van der Waals surface area contributed by atoms with E-state index in [1.54, 1.807) is 19.2 Å². The van der Waals surface area contributed by atoms with Gasteiger partial charge in [0.05, 0.1) is 30.7 Å². The molecule has 0 bridgehead atoms. The fourth-order valence-corrected chi connectivity index (χ4v) is 4.93. The first-order chi connectivity index (χ1) is 17.1. The molecule has 9 nitrogen and oxygen atoms in total. The van der Waals surface area contributed by atoms with Gasteiger partial charge in [-0.25, -0.2) is 18.2 Å². The Morgan fingerprint density at radius 3 is 2.36 bits per heavy atom. The van der Waals surface area contributed by atoms with Crippen molar-refractivity contribution in [1.29, 1.82) is 5.26 Å². The third-order valence-corrected chi connectivity index (χ3v) is 8.08. The number of hydrogen-bond acceptors (Lipinski definition) is 8. The number of sulfonamides is 1. The van der Waals surface area contributed by atoms with E-state index in [1.807, 2.05) is 38.1 Å². The lowest BCUT2D eigenvalue weighted by molar-refractivity contribution is 0.162. The molecule has 0 amide bonds. The van der Waals surface area contributed by atoms with Gasteiger partial charge in [0.1, 0.15) is 16.9 Å². The number of pyridine rings is 1. The maximum atomic E-state index is 11.8. The Labute approximate surface area is 219 Å². The summed E-state index contributed by atoms with van der Waals surface area (Å²) in [5.41, 5.74) is 3.13. The summed E-state index contributed by atoms with van der Waals surface area (Å²) in [4.78, 5) is 12.7. The lowest BCUT2D eigenvalue weighted by Crippen LogP contribution is -2.33. The normalized spacial score (nSPS) is 11.2. The minimum atomic E-state index is -3.33. The van der Waals surface area contributed by atoms with Crippen LogP contribution >= 0.6 is 11.8 Å². The highest BCUT2D eigenvalue weighted by Gasteiger charge is 2.22. The Hall–Kier alpha value is -2.83. The maximum Gasteiger partial charge on any atom is 0.232 e. The number of rotatable bonds is 13. The van der Waals surface area contributed by atoms with Gasteiger partial charge in [0, 0.05) is 46.6 Å². The van der Waals surface area contributed by atoms with Gasteiger partial charge in [0.2, 0.25) is 15.7 Å². The van der Waals surface area contributed by atoms with E-state index in [0.29, 0.717) is 58.7 Å². The first kappa shape index (κ1) is 29.4. The largest absolute Gasteiger partial charge is 0.383 e. The van der Waals surface area contributed by atoms with Crippen molar-refractivity contribution in [3.63, 3.8) is 0 Å². The van der Waals surface area contributed by atoms with Crippen LogP contribution in [0.15, 0.2) is 29.3 Å². The summed E-state index contributed by atoms with van der Waals surface area (Å²) in [7, 11) is 3.80. The number of hydrogen-bond donors (Lipinski definition) is 0. The summed E-state index contributed by atoms with van der Waals surface area (Å²) in [6.07, 6.45) is 1.72. The van der Waals surface area contributed by atoms with Crippen molar-refractivity contribution in [2.24, 2.45) is 0 Å². The SMILES string of the molecule is [C-]#[N+]c1c(N(C)CCN(C)CCOC)nc(SCc2ccc(N(C)S(C)(=O)=O)cc2)c(C#N)c1CC. The number of nitrogens with zero attached hydrogens (tertiary/aromatic N) is 6. The van der Waals surface area contributed by atoms with Gasteiger partial charge in [-0.2, -0.15) is 5.26 Å². The quantitative estimate of drug-likeness (QED) is 0.285. The van der Waals surface area contributed by atoms with Gasteiger partial charge in [-0.3, -0.25) is 4.31 Å². The summed E-state index contributed by atoms with van der Waals surface area (Å²) in [5.74, 6) is 1.13. The van der Waals surface area contributed by atoms with Crippen LogP contribution < -0.4 is 9.21 Å². The minimum absolute atomic E-state index is 0.425. The van der Waals surface area contributed by atoms with Gasteiger partial charge in [0.25, 0.3) is 0 Å². The third kappa shape index (κ3) is 7.58. The van der Waals surface area contributed by atoms with Crippen molar-refractivity contribution in [2.75, 3.05) is 70.0 Å². The summed E-state index contributed by atoms with van der Waals surface area (Å²) < 4.78 is 29.9. The molecule has 36 heavy (non-hydrogen) atoms. The van der Waals surface area contributed by atoms with E-state index in [9.17, 15) is 13.7 Å². The molecule has 1 aromatic carbocycles. The fraction of sp³-hybridized carbons (Fsp3) is 0.480. The van der Waals surface area contributed by atoms with Crippen molar-refractivity contribution < 1.29 is 13.2 Å². The highest BCUT2D eigenvalue weighted by atomic mass is 32.2. The van der Waals surface area contributed by atoms with E-state index < -0.39 is 10.0 Å². The van der Waals surface area contributed by atoms with E-state index >= 15 is 0 Å². The zero-order valence-corrected chi connectivity index (χ0v) is 23.4. The van der Waals surface area contributed by atoms with Gasteiger partial charge in [0.15, 0.2) is 0 Å². The van der Waals surface area contributed by atoms with Crippen LogP contribution in [0.3, 0.4) is 0 Å². The fourth-order valence-electron chi connectivity index (χ4n) is 3.47. The summed E-state index contributed by atoms with van der Waals surface area (Å²) in [6.45, 7) is 12.6. The summed E-state index contributed by atoms with van der Waals surface area (Å²) in [6, 6.07) is 9.52. The molecule has 0 radical (unpaired) electrons. The molecule has 0 fully saturated rings. The van der Waals surface area contributed by atoms with Crippen molar-refractivity contribution in [1.82, 2.24) is 9.88 Å². The van der Waals surface area contributed by atoms with Gasteiger partial charge in [-0.1, -0.05) is 19.1 Å².